The van der Waals surface area contributed by atoms with Gasteiger partial charge in [-0.2, -0.15) is 5.26 Å². The summed E-state index contributed by atoms with van der Waals surface area (Å²) in [6.45, 7) is 0.582. The van der Waals surface area contributed by atoms with Crippen molar-refractivity contribution in [2.45, 2.75) is 44.1 Å². The second-order valence-electron chi connectivity index (χ2n) is 6.67. The Hall–Kier alpha value is -2.22. The van der Waals surface area contributed by atoms with Gasteiger partial charge in [0.25, 0.3) is 0 Å². The molecule has 1 amide bonds. The molecule has 5 nitrogen and oxygen atoms in total. The van der Waals surface area contributed by atoms with Crippen LogP contribution in [-0.2, 0) is 11.2 Å². The largest absolute Gasteiger partial charge is 0.493 e. The number of hydrogen-bond donors (Lipinski definition) is 0. The van der Waals surface area contributed by atoms with Crippen LogP contribution in [0, 0.1) is 17.2 Å². The minimum Gasteiger partial charge on any atom is -0.493 e. The van der Waals surface area contributed by atoms with Gasteiger partial charge in [0.05, 0.1) is 20.3 Å². The van der Waals surface area contributed by atoms with E-state index in [9.17, 15) is 10.1 Å². The van der Waals surface area contributed by atoms with Gasteiger partial charge in [-0.25, -0.2) is 0 Å². The lowest BCUT2D eigenvalue weighted by Gasteiger charge is -2.39. The van der Waals surface area contributed by atoms with Gasteiger partial charge in [0, 0.05) is 18.9 Å². The van der Waals surface area contributed by atoms with Crippen LogP contribution in [-0.4, -0.2) is 37.1 Å². The van der Waals surface area contributed by atoms with Crippen LogP contribution in [0.4, 0.5) is 0 Å². The minimum absolute atomic E-state index is 0.129. The summed E-state index contributed by atoms with van der Waals surface area (Å²) >= 11 is 0. The maximum absolute atomic E-state index is 12.5. The predicted octanol–water partition coefficient (Wildman–Crippen LogP) is 2.93. The standard InChI is InChI=1S/C19H24N2O3/c1-23-16-7-6-14(11-17(16)24-2)8-10-21-18(22)12-15-5-3-4-9-19(15,21)13-20/h6-7,11,15H,3-5,8-10,12H2,1-2H3/t15-,19+/m1/s1. The molecule has 0 spiro atoms. The van der Waals surface area contributed by atoms with Gasteiger partial charge in [0.15, 0.2) is 11.5 Å². The molecule has 0 unspecified atom stereocenters. The van der Waals surface area contributed by atoms with Crippen molar-refractivity contribution < 1.29 is 14.3 Å². The fourth-order valence-corrected chi connectivity index (χ4v) is 4.21. The number of carbonyl (C=O) groups excluding carboxylic acids is 1. The highest BCUT2D eigenvalue weighted by atomic mass is 16.5. The summed E-state index contributed by atoms with van der Waals surface area (Å²) in [5, 5.41) is 9.81. The molecule has 0 N–H and O–H groups in total. The number of hydrogen-bond acceptors (Lipinski definition) is 4. The summed E-state index contributed by atoms with van der Waals surface area (Å²) in [6, 6.07) is 8.30. The minimum atomic E-state index is -0.577. The van der Waals surface area contributed by atoms with Gasteiger partial charge in [0.2, 0.25) is 5.91 Å². The predicted molar refractivity (Wildman–Crippen MR) is 89.9 cm³/mol. The highest BCUT2D eigenvalue weighted by Gasteiger charge is 2.53. The van der Waals surface area contributed by atoms with Crippen LogP contribution in [0.15, 0.2) is 18.2 Å². The van der Waals surface area contributed by atoms with E-state index in [-0.39, 0.29) is 11.8 Å². The maximum atomic E-state index is 12.5. The Balaban J connectivity index is 1.76. The molecule has 2 fully saturated rings. The second-order valence-corrected chi connectivity index (χ2v) is 6.67. The summed E-state index contributed by atoms with van der Waals surface area (Å²) in [5.74, 6) is 1.71. The topological polar surface area (TPSA) is 62.6 Å². The third-order valence-electron chi connectivity index (χ3n) is 5.51. The number of benzene rings is 1. The Bertz CT molecular complexity index is 667. The van der Waals surface area contributed by atoms with Crippen molar-refractivity contribution in [2.24, 2.45) is 5.92 Å². The lowest BCUT2D eigenvalue weighted by molar-refractivity contribution is -0.130. The third kappa shape index (κ3) is 2.71. The molecule has 128 valence electrons. The van der Waals surface area contributed by atoms with E-state index in [2.05, 4.69) is 6.07 Å². The Kier molecular flexibility index (Phi) is 4.66. The zero-order valence-electron chi connectivity index (χ0n) is 14.4. The quantitative estimate of drug-likeness (QED) is 0.834. The van der Waals surface area contributed by atoms with Gasteiger partial charge in [-0.3, -0.25) is 4.79 Å². The molecule has 0 bridgehead atoms. The monoisotopic (exact) mass is 328 g/mol. The lowest BCUT2D eigenvalue weighted by Crippen LogP contribution is -2.50. The van der Waals surface area contributed by atoms with Crippen LogP contribution in [0.5, 0.6) is 11.5 Å². The Morgan fingerprint density at radius 2 is 2.08 bits per heavy atom. The molecule has 1 heterocycles. The van der Waals surface area contributed by atoms with E-state index >= 15 is 0 Å². The summed E-state index contributed by atoms with van der Waals surface area (Å²) < 4.78 is 10.6. The van der Waals surface area contributed by atoms with E-state index in [4.69, 9.17) is 9.47 Å². The zero-order valence-corrected chi connectivity index (χ0v) is 14.4. The second kappa shape index (κ2) is 6.72. The van der Waals surface area contributed by atoms with Crippen molar-refractivity contribution >= 4 is 5.91 Å². The molecule has 5 heteroatoms. The summed E-state index contributed by atoms with van der Waals surface area (Å²) in [5.41, 5.74) is 0.499. The van der Waals surface area contributed by atoms with Gasteiger partial charge >= 0.3 is 0 Å². The molecular weight excluding hydrogens is 304 g/mol. The number of ether oxygens (including phenoxy) is 2. The average Bonchev–Trinajstić information content (AvgIpc) is 2.91. The molecule has 1 aliphatic carbocycles. The number of likely N-dealkylation sites (tertiary alicyclic amines) is 1. The summed E-state index contributed by atoms with van der Waals surface area (Å²) in [6.07, 6.45) is 5.20. The molecule has 1 aromatic rings. The smallest absolute Gasteiger partial charge is 0.224 e. The lowest BCUT2D eigenvalue weighted by atomic mass is 9.74. The summed E-state index contributed by atoms with van der Waals surface area (Å²) in [4.78, 5) is 14.3. The van der Waals surface area contributed by atoms with Crippen molar-refractivity contribution in [1.29, 1.82) is 5.26 Å². The molecule has 1 aromatic carbocycles. The first kappa shape index (κ1) is 16.6. The molecule has 1 aliphatic heterocycles. The highest BCUT2D eigenvalue weighted by Crippen LogP contribution is 2.45. The van der Waals surface area contributed by atoms with Crippen molar-refractivity contribution in [3.63, 3.8) is 0 Å². The third-order valence-corrected chi connectivity index (χ3v) is 5.51. The van der Waals surface area contributed by atoms with Gasteiger partial charge in [-0.15, -0.1) is 0 Å². The number of amides is 1. The van der Waals surface area contributed by atoms with Crippen molar-refractivity contribution in [3.05, 3.63) is 23.8 Å². The van der Waals surface area contributed by atoms with E-state index in [0.29, 0.717) is 30.9 Å². The fraction of sp³-hybridized carbons (Fsp3) is 0.579. The van der Waals surface area contributed by atoms with Crippen molar-refractivity contribution in [1.82, 2.24) is 4.90 Å². The number of nitriles is 1. The average molecular weight is 328 g/mol. The summed E-state index contributed by atoms with van der Waals surface area (Å²) in [7, 11) is 3.23. The first-order valence-corrected chi connectivity index (χ1v) is 8.57. The first-order valence-electron chi connectivity index (χ1n) is 8.57. The SMILES string of the molecule is COc1ccc(CCN2C(=O)C[C@H]3CCCC[C@]32C#N)cc1OC. The van der Waals surface area contributed by atoms with Crippen LogP contribution in [0.3, 0.4) is 0 Å². The number of nitrogens with zero attached hydrogens (tertiary/aromatic N) is 2. The van der Waals surface area contributed by atoms with Gasteiger partial charge in [-0.1, -0.05) is 18.9 Å². The van der Waals surface area contributed by atoms with Crippen LogP contribution in [0.2, 0.25) is 0 Å². The molecule has 3 rings (SSSR count). The molecular formula is C19H24N2O3. The molecule has 2 aliphatic rings. The van der Waals surface area contributed by atoms with E-state index in [1.807, 2.05) is 23.1 Å². The Labute approximate surface area is 143 Å². The van der Waals surface area contributed by atoms with Gasteiger partial charge in [0.1, 0.15) is 5.54 Å². The van der Waals surface area contributed by atoms with Gasteiger partial charge < -0.3 is 14.4 Å². The maximum Gasteiger partial charge on any atom is 0.224 e. The van der Waals surface area contributed by atoms with Crippen LogP contribution in [0.1, 0.15) is 37.7 Å². The van der Waals surface area contributed by atoms with E-state index in [1.54, 1.807) is 14.2 Å². The molecule has 1 saturated carbocycles. The van der Waals surface area contributed by atoms with Crippen molar-refractivity contribution in [2.75, 3.05) is 20.8 Å². The number of fused-ring (bicyclic) bond motifs is 1. The first-order chi connectivity index (χ1) is 11.6. The molecule has 1 saturated heterocycles. The van der Waals surface area contributed by atoms with E-state index in [1.165, 1.54) is 0 Å². The zero-order chi connectivity index (χ0) is 17.2. The normalized spacial score (nSPS) is 26.0. The van der Waals surface area contributed by atoms with Crippen LogP contribution in [0.25, 0.3) is 0 Å². The molecule has 0 radical (unpaired) electrons. The fourth-order valence-electron chi connectivity index (χ4n) is 4.21. The highest BCUT2D eigenvalue weighted by molar-refractivity contribution is 5.81. The van der Waals surface area contributed by atoms with E-state index < -0.39 is 5.54 Å². The molecule has 0 aromatic heterocycles. The van der Waals surface area contributed by atoms with Crippen molar-refractivity contribution in [3.8, 4) is 17.6 Å². The number of rotatable bonds is 5. The number of carbonyl (C=O) groups is 1. The molecule has 2 atom stereocenters. The van der Waals surface area contributed by atoms with Gasteiger partial charge in [-0.05, 0) is 37.0 Å². The Morgan fingerprint density at radius 3 is 2.79 bits per heavy atom. The molecule has 24 heavy (non-hydrogen) atoms. The number of methoxy groups -OCH3 is 2. The van der Waals surface area contributed by atoms with Crippen LogP contribution < -0.4 is 9.47 Å². The van der Waals surface area contributed by atoms with E-state index in [0.717, 1.165) is 31.2 Å². The van der Waals surface area contributed by atoms with Crippen LogP contribution >= 0.6 is 0 Å². The Morgan fingerprint density at radius 1 is 1.29 bits per heavy atom.